The fourth-order valence-electron chi connectivity index (χ4n) is 1.75. The van der Waals surface area contributed by atoms with Gasteiger partial charge in [0.15, 0.2) is 0 Å². The molecular weight excluding hydrogens is 204 g/mol. The lowest BCUT2D eigenvalue weighted by Gasteiger charge is -2.04. The number of carbonyl (C=O) groups is 1. The van der Waals surface area contributed by atoms with Crippen molar-refractivity contribution < 1.29 is 14.3 Å². The smallest absolute Gasteiger partial charge is 0.336 e. The van der Waals surface area contributed by atoms with Gasteiger partial charge in [0.25, 0.3) is 0 Å². The zero-order valence-corrected chi connectivity index (χ0v) is 9.45. The highest BCUT2D eigenvalue weighted by atomic mass is 16.5. The summed E-state index contributed by atoms with van der Waals surface area (Å²) in [4.78, 5) is 11.4. The maximum atomic E-state index is 11.4. The van der Waals surface area contributed by atoms with Crippen LogP contribution in [0, 0.1) is 6.92 Å². The summed E-state index contributed by atoms with van der Waals surface area (Å²) < 4.78 is 10.1. The minimum atomic E-state index is -0.326. The molecule has 84 valence electrons. The van der Waals surface area contributed by atoms with E-state index in [1.54, 1.807) is 0 Å². The Bertz CT molecular complexity index is 446. The summed E-state index contributed by atoms with van der Waals surface area (Å²) in [6.45, 7) is 2.88. The van der Waals surface area contributed by atoms with Gasteiger partial charge in [0.2, 0.25) is 0 Å². The van der Waals surface area contributed by atoms with Crippen LogP contribution in [0.1, 0.15) is 16.7 Å². The van der Waals surface area contributed by atoms with E-state index in [0.717, 1.165) is 11.1 Å². The zero-order chi connectivity index (χ0) is 11.5. The van der Waals surface area contributed by atoms with Crippen molar-refractivity contribution >= 4 is 12.0 Å². The van der Waals surface area contributed by atoms with Crippen molar-refractivity contribution in [1.82, 2.24) is 0 Å². The molecule has 1 aromatic carbocycles. The highest BCUT2D eigenvalue weighted by Crippen LogP contribution is 2.20. The molecule has 0 aromatic heterocycles. The molecule has 2 rings (SSSR count). The molecule has 0 saturated heterocycles. The van der Waals surface area contributed by atoms with Crippen molar-refractivity contribution in [3.8, 4) is 0 Å². The highest BCUT2D eigenvalue weighted by molar-refractivity contribution is 5.94. The topological polar surface area (TPSA) is 35.5 Å². The summed E-state index contributed by atoms with van der Waals surface area (Å²) in [5.41, 5.74) is 3.89. The quantitative estimate of drug-likeness (QED) is 0.677. The summed E-state index contributed by atoms with van der Waals surface area (Å²) in [5, 5.41) is 0. The van der Waals surface area contributed by atoms with Gasteiger partial charge in [-0.05, 0) is 24.1 Å². The minimum absolute atomic E-state index is 0.306. The van der Waals surface area contributed by atoms with E-state index in [-0.39, 0.29) is 5.97 Å². The number of esters is 1. The normalized spacial score (nSPS) is 14.8. The van der Waals surface area contributed by atoms with Crippen LogP contribution in [0.25, 0.3) is 6.08 Å². The Morgan fingerprint density at radius 3 is 2.94 bits per heavy atom. The van der Waals surface area contributed by atoms with E-state index >= 15 is 0 Å². The van der Waals surface area contributed by atoms with Crippen molar-refractivity contribution in [3.63, 3.8) is 0 Å². The van der Waals surface area contributed by atoms with Gasteiger partial charge in [0, 0.05) is 0 Å². The Morgan fingerprint density at radius 2 is 2.19 bits per heavy atom. The van der Waals surface area contributed by atoms with E-state index < -0.39 is 0 Å². The van der Waals surface area contributed by atoms with Crippen LogP contribution < -0.4 is 0 Å². The average molecular weight is 218 g/mol. The number of benzene rings is 1. The number of hydrogen-bond donors (Lipinski definition) is 0. The molecule has 0 radical (unpaired) electrons. The molecule has 0 aliphatic carbocycles. The third kappa shape index (κ3) is 2.14. The van der Waals surface area contributed by atoms with Gasteiger partial charge in [-0.15, -0.1) is 0 Å². The highest BCUT2D eigenvalue weighted by Gasteiger charge is 2.15. The number of hydrogen-bond acceptors (Lipinski definition) is 3. The predicted octanol–water partition coefficient (Wildman–Crippen LogP) is 2.08. The minimum Gasteiger partial charge on any atom is -0.466 e. The van der Waals surface area contributed by atoms with Gasteiger partial charge < -0.3 is 9.47 Å². The standard InChI is InChI=1S/C13H14O3/c1-9-3-4-10-6-12(13(14)15-2)8-16-7-11(10)5-9/h3-6H,7-8H2,1-2H3. The molecule has 3 heteroatoms. The van der Waals surface area contributed by atoms with Gasteiger partial charge in [0.05, 0.1) is 25.9 Å². The van der Waals surface area contributed by atoms with E-state index in [2.05, 4.69) is 6.07 Å². The number of aryl methyl sites for hydroxylation is 1. The molecule has 0 saturated carbocycles. The zero-order valence-electron chi connectivity index (χ0n) is 9.45. The molecule has 16 heavy (non-hydrogen) atoms. The third-order valence-corrected chi connectivity index (χ3v) is 2.59. The Kier molecular flexibility index (Phi) is 3.06. The van der Waals surface area contributed by atoms with E-state index in [9.17, 15) is 4.79 Å². The molecule has 1 aliphatic rings. The van der Waals surface area contributed by atoms with Crippen LogP contribution in [0.2, 0.25) is 0 Å². The number of methoxy groups -OCH3 is 1. The molecule has 0 N–H and O–H groups in total. The largest absolute Gasteiger partial charge is 0.466 e. The van der Waals surface area contributed by atoms with E-state index in [1.807, 2.05) is 25.1 Å². The lowest BCUT2D eigenvalue weighted by atomic mass is 10.0. The van der Waals surface area contributed by atoms with Gasteiger partial charge in [-0.1, -0.05) is 23.8 Å². The number of ether oxygens (including phenoxy) is 2. The van der Waals surface area contributed by atoms with Crippen LogP contribution >= 0.6 is 0 Å². The molecule has 1 heterocycles. The van der Waals surface area contributed by atoms with Crippen molar-refractivity contribution in [2.75, 3.05) is 13.7 Å². The maximum absolute atomic E-state index is 11.4. The second-order valence-electron chi connectivity index (χ2n) is 3.86. The van der Waals surface area contributed by atoms with Crippen LogP contribution in [0.5, 0.6) is 0 Å². The molecule has 0 fully saturated rings. The second-order valence-corrected chi connectivity index (χ2v) is 3.86. The Labute approximate surface area is 94.7 Å². The SMILES string of the molecule is COC(=O)C1=Cc2ccc(C)cc2COC1. The Hall–Kier alpha value is -1.61. The Balaban J connectivity index is 2.40. The van der Waals surface area contributed by atoms with Crippen LogP contribution in [0.15, 0.2) is 23.8 Å². The Morgan fingerprint density at radius 1 is 1.38 bits per heavy atom. The van der Waals surface area contributed by atoms with Crippen LogP contribution in [-0.2, 0) is 20.9 Å². The van der Waals surface area contributed by atoms with Gasteiger partial charge in [-0.2, -0.15) is 0 Å². The molecule has 0 amide bonds. The first-order valence-corrected chi connectivity index (χ1v) is 5.17. The van der Waals surface area contributed by atoms with Gasteiger partial charge >= 0.3 is 5.97 Å². The summed E-state index contributed by atoms with van der Waals surface area (Å²) in [6, 6.07) is 6.10. The maximum Gasteiger partial charge on any atom is 0.336 e. The first kappa shape index (κ1) is 10.9. The fourth-order valence-corrected chi connectivity index (χ4v) is 1.75. The molecule has 0 atom stereocenters. The molecule has 0 unspecified atom stereocenters. The van der Waals surface area contributed by atoms with E-state index in [1.165, 1.54) is 12.7 Å². The van der Waals surface area contributed by atoms with Crippen molar-refractivity contribution in [1.29, 1.82) is 0 Å². The molecule has 0 bridgehead atoms. The number of fused-ring (bicyclic) bond motifs is 1. The molecule has 1 aliphatic heterocycles. The lowest BCUT2D eigenvalue weighted by molar-refractivity contribution is -0.136. The summed E-state index contributed by atoms with van der Waals surface area (Å²) in [6.07, 6.45) is 1.84. The molecular formula is C13H14O3. The predicted molar refractivity (Wildman–Crippen MR) is 60.8 cm³/mol. The number of rotatable bonds is 1. The van der Waals surface area contributed by atoms with E-state index in [0.29, 0.717) is 18.8 Å². The summed E-state index contributed by atoms with van der Waals surface area (Å²) in [7, 11) is 1.38. The van der Waals surface area contributed by atoms with Crippen LogP contribution in [0.3, 0.4) is 0 Å². The number of carbonyl (C=O) groups excluding carboxylic acids is 1. The van der Waals surface area contributed by atoms with Crippen LogP contribution in [-0.4, -0.2) is 19.7 Å². The van der Waals surface area contributed by atoms with Gasteiger partial charge in [0.1, 0.15) is 0 Å². The molecule has 0 spiro atoms. The first-order chi connectivity index (χ1) is 7.70. The fraction of sp³-hybridized carbons (Fsp3) is 0.308. The van der Waals surface area contributed by atoms with Crippen molar-refractivity contribution in [2.24, 2.45) is 0 Å². The van der Waals surface area contributed by atoms with Gasteiger partial charge in [-0.25, -0.2) is 4.79 Å². The first-order valence-electron chi connectivity index (χ1n) is 5.17. The summed E-state index contributed by atoms with van der Waals surface area (Å²) in [5.74, 6) is -0.326. The molecule has 3 nitrogen and oxygen atoms in total. The monoisotopic (exact) mass is 218 g/mol. The van der Waals surface area contributed by atoms with Gasteiger partial charge in [-0.3, -0.25) is 0 Å². The third-order valence-electron chi connectivity index (χ3n) is 2.59. The van der Waals surface area contributed by atoms with E-state index in [4.69, 9.17) is 9.47 Å². The lowest BCUT2D eigenvalue weighted by Crippen LogP contribution is -2.09. The van der Waals surface area contributed by atoms with Crippen LogP contribution in [0.4, 0.5) is 0 Å². The van der Waals surface area contributed by atoms with Crippen molar-refractivity contribution in [2.45, 2.75) is 13.5 Å². The second kappa shape index (κ2) is 4.49. The average Bonchev–Trinajstić information content (AvgIpc) is 2.49. The summed E-state index contributed by atoms with van der Waals surface area (Å²) >= 11 is 0. The molecule has 1 aromatic rings. The van der Waals surface area contributed by atoms with Crippen molar-refractivity contribution in [3.05, 3.63) is 40.5 Å².